The highest BCUT2D eigenvalue weighted by Crippen LogP contribution is 2.28. The van der Waals surface area contributed by atoms with Crippen molar-refractivity contribution >= 4 is 37.5 Å². The lowest BCUT2D eigenvalue weighted by molar-refractivity contribution is -0.384. The minimum Gasteiger partial charge on any atom is -0.258 e. The summed E-state index contributed by atoms with van der Waals surface area (Å²) in [6.07, 6.45) is 0.956. The van der Waals surface area contributed by atoms with Crippen LogP contribution in [-0.4, -0.2) is 10.3 Å². The van der Waals surface area contributed by atoms with Gasteiger partial charge in [-0.1, -0.05) is 44.0 Å². The van der Waals surface area contributed by atoms with Crippen molar-refractivity contribution in [2.45, 2.75) is 11.2 Å². The van der Waals surface area contributed by atoms with E-state index in [4.69, 9.17) is 0 Å². The predicted molar refractivity (Wildman–Crippen MR) is 63.2 cm³/mol. The second-order valence-corrected chi connectivity index (χ2v) is 4.69. The van der Waals surface area contributed by atoms with Gasteiger partial charge in [-0.3, -0.25) is 10.1 Å². The summed E-state index contributed by atoms with van der Waals surface area (Å²) in [6.45, 7) is 0. The van der Waals surface area contributed by atoms with Crippen molar-refractivity contribution in [3.05, 3.63) is 39.9 Å². The van der Waals surface area contributed by atoms with Crippen molar-refractivity contribution in [2.75, 3.05) is 5.33 Å². The summed E-state index contributed by atoms with van der Waals surface area (Å²) >= 11 is 6.85. The zero-order chi connectivity index (χ0) is 10.6. The molecule has 14 heavy (non-hydrogen) atoms. The SMILES string of the molecule is O=[N+]([O-])c1ccc(C(Br)CCBr)cc1. The fourth-order valence-electron chi connectivity index (χ4n) is 1.07. The van der Waals surface area contributed by atoms with Crippen LogP contribution in [0.1, 0.15) is 16.8 Å². The Hall–Kier alpha value is -0.420. The highest BCUT2D eigenvalue weighted by Gasteiger charge is 2.09. The number of nitro benzene ring substituents is 1. The summed E-state index contributed by atoms with van der Waals surface area (Å²) < 4.78 is 0. The van der Waals surface area contributed by atoms with Crippen LogP contribution in [0, 0.1) is 10.1 Å². The van der Waals surface area contributed by atoms with Crippen LogP contribution in [0.5, 0.6) is 0 Å². The van der Waals surface area contributed by atoms with E-state index in [-0.39, 0.29) is 10.5 Å². The summed E-state index contributed by atoms with van der Waals surface area (Å²) in [7, 11) is 0. The lowest BCUT2D eigenvalue weighted by atomic mass is 10.1. The molecule has 1 aromatic rings. The second kappa shape index (κ2) is 5.46. The van der Waals surface area contributed by atoms with E-state index in [1.807, 2.05) is 0 Å². The molecule has 0 aliphatic heterocycles. The quantitative estimate of drug-likeness (QED) is 0.480. The first-order valence-electron chi connectivity index (χ1n) is 4.09. The third-order valence-corrected chi connectivity index (χ3v) is 3.27. The molecule has 0 spiro atoms. The van der Waals surface area contributed by atoms with Gasteiger partial charge in [0.15, 0.2) is 0 Å². The van der Waals surface area contributed by atoms with Crippen molar-refractivity contribution in [3.63, 3.8) is 0 Å². The summed E-state index contributed by atoms with van der Waals surface area (Å²) in [5, 5.41) is 11.3. The van der Waals surface area contributed by atoms with Crippen LogP contribution >= 0.6 is 31.9 Å². The number of hydrogen-bond acceptors (Lipinski definition) is 2. The van der Waals surface area contributed by atoms with Crippen LogP contribution in [0.4, 0.5) is 5.69 Å². The molecular formula is C9H9Br2NO2. The van der Waals surface area contributed by atoms with Crippen LogP contribution < -0.4 is 0 Å². The minimum atomic E-state index is -0.391. The first-order chi connectivity index (χ1) is 6.65. The van der Waals surface area contributed by atoms with Crippen LogP contribution in [0.15, 0.2) is 24.3 Å². The molecular weight excluding hydrogens is 314 g/mol. The number of hydrogen-bond donors (Lipinski definition) is 0. The molecule has 1 rings (SSSR count). The van der Waals surface area contributed by atoms with E-state index in [0.717, 1.165) is 17.3 Å². The summed E-state index contributed by atoms with van der Waals surface area (Å²) in [6, 6.07) is 6.61. The van der Waals surface area contributed by atoms with Gasteiger partial charge in [0, 0.05) is 22.3 Å². The van der Waals surface area contributed by atoms with Gasteiger partial charge in [0.1, 0.15) is 0 Å². The van der Waals surface area contributed by atoms with Gasteiger partial charge in [-0.15, -0.1) is 0 Å². The molecule has 76 valence electrons. The first-order valence-corrected chi connectivity index (χ1v) is 6.13. The standard InChI is InChI=1S/C9H9Br2NO2/c10-6-5-9(11)7-1-3-8(4-2-7)12(13)14/h1-4,9H,5-6H2. The Morgan fingerprint density at radius 1 is 1.36 bits per heavy atom. The molecule has 1 aromatic carbocycles. The van der Waals surface area contributed by atoms with E-state index < -0.39 is 4.92 Å². The Labute approximate surface area is 98.9 Å². The van der Waals surface area contributed by atoms with E-state index in [1.165, 1.54) is 12.1 Å². The molecule has 0 saturated heterocycles. The Kier molecular flexibility index (Phi) is 4.54. The second-order valence-electron chi connectivity index (χ2n) is 2.79. The molecule has 0 N–H and O–H groups in total. The first kappa shape index (κ1) is 11.7. The molecule has 1 atom stereocenters. The maximum absolute atomic E-state index is 10.4. The topological polar surface area (TPSA) is 43.1 Å². The largest absolute Gasteiger partial charge is 0.269 e. The van der Waals surface area contributed by atoms with Gasteiger partial charge in [0.25, 0.3) is 5.69 Å². The highest BCUT2D eigenvalue weighted by molar-refractivity contribution is 9.09. The summed E-state index contributed by atoms with van der Waals surface area (Å²) in [5.74, 6) is 0. The lowest BCUT2D eigenvalue weighted by Gasteiger charge is -2.06. The average Bonchev–Trinajstić information content (AvgIpc) is 2.18. The van der Waals surface area contributed by atoms with Gasteiger partial charge in [-0.25, -0.2) is 0 Å². The average molecular weight is 323 g/mol. The van der Waals surface area contributed by atoms with Gasteiger partial charge in [0.2, 0.25) is 0 Å². The van der Waals surface area contributed by atoms with E-state index in [0.29, 0.717) is 0 Å². The van der Waals surface area contributed by atoms with Crippen molar-refractivity contribution < 1.29 is 4.92 Å². The molecule has 0 bridgehead atoms. The van der Waals surface area contributed by atoms with Gasteiger partial charge >= 0.3 is 0 Å². The van der Waals surface area contributed by atoms with Gasteiger partial charge in [0.05, 0.1) is 4.92 Å². The number of nitrogens with zero attached hydrogens (tertiary/aromatic N) is 1. The fourth-order valence-corrected chi connectivity index (χ4v) is 2.67. The molecule has 0 aliphatic carbocycles. The maximum Gasteiger partial charge on any atom is 0.269 e. The minimum absolute atomic E-state index is 0.132. The number of benzene rings is 1. The molecule has 1 unspecified atom stereocenters. The number of rotatable bonds is 4. The van der Waals surface area contributed by atoms with Crippen LogP contribution in [0.2, 0.25) is 0 Å². The van der Waals surface area contributed by atoms with E-state index in [1.54, 1.807) is 12.1 Å². The summed E-state index contributed by atoms with van der Waals surface area (Å²) in [4.78, 5) is 10.3. The molecule has 0 aliphatic rings. The van der Waals surface area contributed by atoms with Crippen molar-refractivity contribution in [1.82, 2.24) is 0 Å². The lowest BCUT2D eigenvalue weighted by Crippen LogP contribution is -1.92. The van der Waals surface area contributed by atoms with Gasteiger partial charge < -0.3 is 0 Å². The van der Waals surface area contributed by atoms with Gasteiger partial charge in [-0.2, -0.15) is 0 Å². The highest BCUT2D eigenvalue weighted by atomic mass is 79.9. The smallest absolute Gasteiger partial charge is 0.258 e. The van der Waals surface area contributed by atoms with Crippen molar-refractivity contribution in [3.8, 4) is 0 Å². The third-order valence-electron chi connectivity index (χ3n) is 1.83. The molecule has 0 aromatic heterocycles. The molecule has 3 nitrogen and oxygen atoms in total. The molecule has 0 fully saturated rings. The Bertz CT molecular complexity index is 313. The molecule has 0 heterocycles. The number of halogens is 2. The van der Waals surface area contributed by atoms with E-state index in [9.17, 15) is 10.1 Å². The number of non-ortho nitro benzene ring substituents is 1. The van der Waals surface area contributed by atoms with E-state index in [2.05, 4.69) is 31.9 Å². The van der Waals surface area contributed by atoms with Crippen LogP contribution in [0.25, 0.3) is 0 Å². The number of alkyl halides is 2. The Morgan fingerprint density at radius 2 is 1.93 bits per heavy atom. The fraction of sp³-hybridized carbons (Fsp3) is 0.333. The predicted octanol–water partition coefficient (Wildman–Crippen LogP) is 3.82. The Balaban J connectivity index is 2.77. The zero-order valence-electron chi connectivity index (χ0n) is 7.32. The maximum atomic E-state index is 10.4. The van der Waals surface area contributed by atoms with Crippen molar-refractivity contribution in [1.29, 1.82) is 0 Å². The third kappa shape index (κ3) is 3.06. The molecule has 0 amide bonds. The van der Waals surface area contributed by atoms with Crippen molar-refractivity contribution in [2.24, 2.45) is 0 Å². The molecule has 0 radical (unpaired) electrons. The molecule has 5 heteroatoms. The van der Waals surface area contributed by atoms with E-state index >= 15 is 0 Å². The zero-order valence-corrected chi connectivity index (χ0v) is 10.5. The van der Waals surface area contributed by atoms with Crippen LogP contribution in [0.3, 0.4) is 0 Å². The van der Waals surface area contributed by atoms with Crippen LogP contribution in [-0.2, 0) is 0 Å². The normalized spacial score (nSPS) is 12.4. The number of nitro groups is 1. The molecule has 0 saturated carbocycles. The van der Waals surface area contributed by atoms with Gasteiger partial charge in [-0.05, 0) is 12.0 Å². The monoisotopic (exact) mass is 321 g/mol. The Morgan fingerprint density at radius 3 is 2.36 bits per heavy atom. The summed E-state index contributed by atoms with van der Waals surface area (Å²) in [5.41, 5.74) is 1.20.